The van der Waals surface area contributed by atoms with Gasteiger partial charge in [0, 0.05) is 18.2 Å². The Balaban J connectivity index is 3.10. The molecule has 0 radical (unpaired) electrons. The monoisotopic (exact) mass is 296 g/mol. The number of carbonyl (C=O) groups excluding carboxylic acids is 1. The molecule has 118 valence electrons. The fraction of sp³-hybridized carbons (Fsp3) is 0.533. The number of hydrogen-bond donors (Lipinski definition) is 2. The molecule has 21 heavy (non-hydrogen) atoms. The molecule has 0 aromatic heterocycles. The number of amides is 1. The molecule has 0 aliphatic carbocycles. The van der Waals surface area contributed by atoms with E-state index < -0.39 is 0 Å². The molecule has 1 atom stereocenters. The van der Waals surface area contributed by atoms with E-state index in [9.17, 15) is 4.79 Å². The molecule has 0 fully saturated rings. The van der Waals surface area contributed by atoms with Gasteiger partial charge in [0.15, 0.2) is 11.5 Å². The van der Waals surface area contributed by atoms with Crippen LogP contribution in [0.25, 0.3) is 0 Å². The van der Waals surface area contributed by atoms with Crippen LogP contribution in [0.3, 0.4) is 0 Å². The normalized spacial score (nSPS) is 12.0. The van der Waals surface area contributed by atoms with E-state index in [1.807, 2.05) is 13.8 Å². The Hall–Kier alpha value is -1.95. The highest BCUT2D eigenvalue weighted by Crippen LogP contribution is 2.38. The van der Waals surface area contributed by atoms with Gasteiger partial charge in [-0.25, -0.2) is 0 Å². The van der Waals surface area contributed by atoms with Crippen LogP contribution in [-0.2, 0) is 0 Å². The highest BCUT2D eigenvalue weighted by molar-refractivity contribution is 5.95. The molecule has 0 aliphatic heterocycles. The lowest BCUT2D eigenvalue weighted by Gasteiger charge is -2.21. The molecule has 1 aromatic carbocycles. The summed E-state index contributed by atoms with van der Waals surface area (Å²) in [6.07, 6.45) is 0. The quantitative estimate of drug-likeness (QED) is 0.795. The second-order valence-electron chi connectivity index (χ2n) is 4.97. The Morgan fingerprint density at radius 3 is 2.00 bits per heavy atom. The summed E-state index contributed by atoms with van der Waals surface area (Å²) in [5.41, 5.74) is 6.11. The molecule has 1 unspecified atom stereocenters. The van der Waals surface area contributed by atoms with Crippen LogP contribution in [0.4, 0.5) is 0 Å². The summed E-state index contributed by atoms with van der Waals surface area (Å²) < 4.78 is 15.7. The molecular formula is C15H24N2O4. The van der Waals surface area contributed by atoms with E-state index in [0.717, 1.165) is 0 Å². The van der Waals surface area contributed by atoms with E-state index in [1.165, 1.54) is 21.3 Å². The van der Waals surface area contributed by atoms with Crippen LogP contribution in [0.5, 0.6) is 17.2 Å². The predicted octanol–water partition coefficient (Wildman–Crippen LogP) is 1.43. The van der Waals surface area contributed by atoms with Crippen molar-refractivity contribution >= 4 is 5.91 Å². The second-order valence-corrected chi connectivity index (χ2v) is 4.97. The molecule has 0 bridgehead atoms. The van der Waals surface area contributed by atoms with Crippen LogP contribution in [0.1, 0.15) is 24.2 Å². The van der Waals surface area contributed by atoms with Gasteiger partial charge in [-0.3, -0.25) is 4.79 Å². The van der Waals surface area contributed by atoms with Crippen LogP contribution < -0.4 is 25.3 Å². The van der Waals surface area contributed by atoms with Crippen molar-refractivity contribution in [1.82, 2.24) is 5.32 Å². The average Bonchev–Trinajstić information content (AvgIpc) is 2.50. The summed E-state index contributed by atoms with van der Waals surface area (Å²) >= 11 is 0. The molecule has 1 amide bonds. The van der Waals surface area contributed by atoms with E-state index in [2.05, 4.69) is 5.32 Å². The van der Waals surface area contributed by atoms with Crippen LogP contribution in [0.2, 0.25) is 0 Å². The van der Waals surface area contributed by atoms with E-state index in [1.54, 1.807) is 12.1 Å². The average molecular weight is 296 g/mol. The van der Waals surface area contributed by atoms with Crippen molar-refractivity contribution in [3.8, 4) is 17.2 Å². The number of carbonyl (C=O) groups is 1. The lowest BCUT2D eigenvalue weighted by molar-refractivity contribution is 0.0927. The summed E-state index contributed by atoms with van der Waals surface area (Å²) in [7, 11) is 4.54. The Morgan fingerprint density at radius 1 is 1.14 bits per heavy atom. The molecule has 3 N–H and O–H groups in total. The molecule has 0 spiro atoms. The van der Waals surface area contributed by atoms with Crippen molar-refractivity contribution in [2.75, 3.05) is 27.9 Å². The van der Waals surface area contributed by atoms with Gasteiger partial charge in [0.05, 0.1) is 21.3 Å². The number of rotatable bonds is 7. The van der Waals surface area contributed by atoms with Gasteiger partial charge >= 0.3 is 0 Å². The maximum Gasteiger partial charge on any atom is 0.251 e. The van der Waals surface area contributed by atoms with E-state index >= 15 is 0 Å². The SMILES string of the molecule is COc1cc(C(=O)NC(CN)C(C)C)cc(OC)c1OC. The van der Waals surface area contributed by atoms with Crippen molar-refractivity contribution in [3.63, 3.8) is 0 Å². The highest BCUT2D eigenvalue weighted by Gasteiger charge is 2.20. The van der Waals surface area contributed by atoms with Crippen molar-refractivity contribution in [3.05, 3.63) is 17.7 Å². The second kappa shape index (κ2) is 7.73. The van der Waals surface area contributed by atoms with Crippen molar-refractivity contribution in [1.29, 1.82) is 0 Å². The first-order valence-corrected chi connectivity index (χ1v) is 6.79. The molecule has 1 aromatic rings. The van der Waals surface area contributed by atoms with Gasteiger partial charge in [0.2, 0.25) is 5.75 Å². The number of benzene rings is 1. The van der Waals surface area contributed by atoms with E-state index in [-0.39, 0.29) is 17.9 Å². The summed E-state index contributed by atoms with van der Waals surface area (Å²) in [5, 5.41) is 2.91. The fourth-order valence-corrected chi connectivity index (χ4v) is 1.96. The van der Waals surface area contributed by atoms with Crippen molar-refractivity contribution in [2.45, 2.75) is 19.9 Å². The highest BCUT2D eigenvalue weighted by atomic mass is 16.5. The van der Waals surface area contributed by atoms with Crippen LogP contribution in [-0.4, -0.2) is 39.8 Å². The molecular weight excluding hydrogens is 272 g/mol. The summed E-state index contributed by atoms with van der Waals surface area (Å²) in [4.78, 5) is 12.3. The molecule has 0 heterocycles. The van der Waals surface area contributed by atoms with E-state index in [4.69, 9.17) is 19.9 Å². The zero-order chi connectivity index (χ0) is 16.0. The van der Waals surface area contributed by atoms with E-state index in [0.29, 0.717) is 29.4 Å². The zero-order valence-electron chi connectivity index (χ0n) is 13.2. The third-order valence-corrected chi connectivity index (χ3v) is 3.30. The van der Waals surface area contributed by atoms with Gasteiger partial charge in [0.1, 0.15) is 0 Å². The number of ether oxygens (including phenoxy) is 3. The molecule has 1 rings (SSSR count). The van der Waals surface area contributed by atoms with Gasteiger partial charge in [-0.1, -0.05) is 13.8 Å². The lowest BCUT2D eigenvalue weighted by atomic mass is 10.0. The van der Waals surface area contributed by atoms with Gasteiger partial charge in [0.25, 0.3) is 5.91 Å². The van der Waals surface area contributed by atoms with Gasteiger partial charge in [-0.15, -0.1) is 0 Å². The van der Waals surface area contributed by atoms with Crippen LogP contribution in [0, 0.1) is 5.92 Å². The van der Waals surface area contributed by atoms with Gasteiger partial charge in [-0.05, 0) is 18.1 Å². The largest absolute Gasteiger partial charge is 0.493 e. The Labute approximate surface area is 125 Å². The smallest absolute Gasteiger partial charge is 0.251 e. The molecule has 0 saturated heterocycles. The molecule has 6 nitrogen and oxygen atoms in total. The maximum atomic E-state index is 12.3. The molecule has 0 aliphatic rings. The first-order chi connectivity index (χ1) is 9.98. The number of nitrogens with two attached hydrogens (primary N) is 1. The minimum Gasteiger partial charge on any atom is -0.493 e. The standard InChI is InChI=1S/C15H24N2O4/c1-9(2)11(8-16)17-15(18)10-6-12(19-3)14(21-5)13(7-10)20-4/h6-7,9,11H,8,16H2,1-5H3,(H,17,18). The summed E-state index contributed by atoms with van der Waals surface area (Å²) in [5.74, 6) is 1.36. The van der Waals surface area contributed by atoms with Gasteiger partial charge in [-0.2, -0.15) is 0 Å². The van der Waals surface area contributed by atoms with Crippen LogP contribution in [0.15, 0.2) is 12.1 Å². The lowest BCUT2D eigenvalue weighted by Crippen LogP contribution is -2.43. The molecule has 6 heteroatoms. The fourth-order valence-electron chi connectivity index (χ4n) is 1.96. The predicted molar refractivity (Wildman–Crippen MR) is 81.2 cm³/mol. The summed E-state index contributed by atoms with van der Waals surface area (Å²) in [6.45, 7) is 4.40. The number of methoxy groups -OCH3 is 3. The first-order valence-electron chi connectivity index (χ1n) is 6.79. The number of hydrogen-bond acceptors (Lipinski definition) is 5. The third kappa shape index (κ3) is 4.01. The molecule has 0 saturated carbocycles. The third-order valence-electron chi connectivity index (χ3n) is 3.30. The summed E-state index contributed by atoms with van der Waals surface area (Å²) in [6, 6.07) is 3.14. The Morgan fingerprint density at radius 2 is 1.67 bits per heavy atom. The Kier molecular flexibility index (Phi) is 6.30. The first kappa shape index (κ1) is 17.1. The maximum absolute atomic E-state index is 12.3. The Bertz CT molecular complexity index is 464. The van der Waals surface area contributed by atoms with Crippen molar-refractivity contribution in [2.24, 2.45) is 11.7 Å². The van der Waals surface area contributed by atoms with Crippen LogP contribution >= 0.6 is 0 Å². The van der Waals surface area contributed by atoms with Gasteiger partial charge < -0.3 is 25.3 Å². The van der Waals surface area contributed by atoms with Crippen molar-refractivity contribution < 1.29 is 19.0 Å². The minimum atomic E-state index is -0.224. The topological polar surface area (TPSA) is 82.8 Å². The zero-order valence-corrected chi connectivity index (χ0v) is 13.2. The number of nitrogens with one attached hydrogen (secondary N) is 1. The minimum absolute atomic E-state index is 0.0865.